The monoisotopic (exact) mass is 198 g/mol. The van der Waals surface area contributed by atoms with E-state index in [1.807, 2.05) is 13.8 Å². The van der Waals surface area contributed by atoms with Gasteiger partial charge in [0.1, 0.15) is 0 Å². The Hall–Kier alpha value is -1.52. The Labute approximate surface area is 81.3 Å². The topological polar surface area (TPSA) is 75.1 Å². The van der Waals surface area contributed by atoms with E-state index in [-0.39, 0.29) is 24.4 Å². The Morgan fingerprint density at radius 1 is 1.64 bits per heavy atom. The molecule has 0 fully saturated rings. The van der Waals surface area contributed by atoms with E-state index in [1.165, 1.54) is 4.68 Å². The van der Waals surface area contributed by atoms with Gasteiger partial charge in [-0.25, -0.2) is 0 Å². The molecule has 0 aliphatic carbocycles. The van der Waals surface area contributed by atoms with E-state index in [1.54, 1.807) is 6.20 Å². The first kappa shape index (κ1) is 10.6. The highest BCUT2D eigenvalue weighted by Crippen LogP contribution is 2.01. The minimum atomic E-state index is -0.887. The Bertz CT molecular complexity index is 376. The molecule has 0 aromatic carbocycles. The second-order valence-corrected chi connectivity index (χ2v) is 3.46. The summed E-state index contributed by atoms with van der Waals surface area (Å²) < 4.78 is 1.48. The van der Waals surface area contributed by atoms with Crippen molar-refractivity contribution in [2.75, 3.05) is 0 Å². The minimum Gasteiger partial charge on any atom is -0.481 e. The number of carboxylic acid groups (broad SMARTS) is 1. The van der Waals surface area contributed by atoms with E-state index in [0.29, 0.717) is 5.56 Å². The minimum absolute atomic E-state index is 0.00874. The normalized spacial score (nSPS) is 10.8. The number of aromatic nitrogens is 2. The second kappa shape index (κ2) is 4.13. The summed E-state index contributed by atoms with van der Waals surface area (Å²) in [6, 6.07) is 0.0704. The van der Waals surface area contributed by atoms with Gasteiger partial charge in [-0.2, -0.15) is 0 Å². The SMILES string of the molecule is CC(C)n1[nH]cc(CCC(=O)O)c1=O. The number of aryl methyl sites for hydroxylation is 1. The third kappa shape index (κ3) is 2.25. The van der Waals surface area contributed by atoms with Gasteiger partial charge >= 0.3 is 5.97 Å². The van der Waals surface area contributed by atoms with Gasteiger partial charge in [0.25, 0.3) is 5.56 Å². The molecular formula is C9H14N2O3. The number of carboxylic acids is 1. The number of nitrogens with zero attached hydrogens (tertiary/aromatic N) is 1. The van der Waals surface area contributed by atoms with Gasteiger partial charge in [-0.1, -0.05) is 0 Å². The summed E-state index contributed by atoms with van der Waals surface area (Å²) >= 11 is 0. The van der Waals surface area contributed by atoms with Crippen LogP contribution in [0.3, 0.4) is 0 Å². The molecule has 0 bridgehead atoms. The van der Waals surface area contributed by atoms with E-state index < -0.39 is 5.97 Å². The third-order valence-corrected chi connectivity index (χ3v) is 2.00. The predicted octanol–water partition coefficient (Wildman–Crippen LogP) is 0.774. The molecule has 0 amide bonds. The number of aromatic amines is 1. The van der Waals surface area contributed by atoms with E-state index in [9.17, 15) is 9.59 Å². The van der Waals surface area contributed by atoms with Crippen molar-refractivity contribution in [3.63, 3.8) is 0 Å². The maximum absolute atomic E-state index is 11.6. The standard InChI is InChI=1S/C9H14N2O3/c1-6(2)11-9(14)7(5-10-11)3-4-8(12)13/h5-6,10H,3-4H2,1-2H3,(H,12,13). The van der Waals surface area contributed by atoms with Crippen LogP contribution in [0, 0.1) is 0 Å². The highest BCUT2D eigenvalue weighted by atomic mass is 16.4. The molecule has 2 N–H and O–H groups in total. The van der Waals surface area contributed by atoms with E-state index in [4.69, 9.17) is 5.11 Å². The van der Waals surface area contributed by atoms with Crippen LogP contribution in [0.5, 0.6) is 0 Å². The van der Waals surface area contributed by atoms with Crippen molar-refractivity contribution >= 4 is 5.97 Å². The quantitative estimate of drug-likeness (QED) is 0.750. The second-order valence-electron chi connectivity index (χ2n) is 3.46. The van der Waals surface area contributed by atoms with E-state index in [2.05, 4.69) is 5.10 Å². The number of carbonyl (C=O) groups is 1. The molecule has 1 heterocycles. The highest BCUT2D eigenvalue weighted by Gasteiger charge is 2.09. The van der Waals surface area contributed by atoms with Gasteiger partial charge < -0.3 is 10.2 Å². The first-order valence-electron chi connectivity index (χ1n) is 4.53. The average molecular weight is 198 g/mol. The lowest BCUT2D eigenvalue weighted by molar-refractivity contribution is -0.136. The largest absolute Gasteiger partial charge is 0.481 e. The van der Waals surface area contributed by atoms with Crippen molar-refractivity contribution in [2.45, 2.75) is 32.7 Å². The smallest absolute Gasteiger partial charge is 0.303 e. The van der Waals surface area contributed by atoms with Gasteiger partial charge in [0.05, 0.1) is 0 Å². The van der Waals surface area contributed by atoms with Gasteiger partial charge in [0.2, 0.25) is 0 Å². The molecule has 0 saturated carbocycles. The number of hydrogen-bond acceptors (Lipinski definition) is 2. The van der Waals surface area contributed by atoms with Gasteiger partial charge in [0.15, 0.2) is 0 Å². The van der Waals surface area contributed by atoms with Crippen molar-refractivity contribution in [3.8, 4) is 0 Å². The molecule has 0 radical (unpaired) electrons. The average Bonchev–Trinajstić information content (AvgIpc) is 2.43. The number of hydrogen-bond donors (Lipinski definition) is 2. The van der Waals surface area contributed by atoms with Crippen LogP contribution in [-0.4, -0.2) is 20.9 Å². The summed E-state index contributed by atoms with van der Waals surface area (Å²) in [5, 5.41) is 11.3. The molecule has 1 aromatic rings. The molecule has 0 unspecified atom stereocenters. The zero-order valence-electron chi connectivity index (χ0n) is 8.28. The maximum atomic E-state index is 11.6. The summed E-state index contributed by atoms with van der Waals surface area (Å²) in [6.45, 7) is 3.78. The van der Waals surface area contributed by atoms with Crippen LogP contribution >= 0.6 is 0 Å². The summed E-state index contributed by atoms with van der Waals surface area (Å²) in [5.41, 5.74) is 0.405. The van der Waals surface area contributed by atoms with Crippen LogP contribution in [0.2, 0.25) is 0 Å². The summed E-state index contributed by atoms with van der Waals surface area (Å²) in [5.74, 6) is -0.887. The van der Waals surface area contributed by atoms with Crippen LogP contribution in [-0.2, 0) is 11.2 Å². The zero-order valence-corrected chi connectivity index (χ0v) is 8.28. The van der Waals surface area contributed by atoms with E-state index >= 15 is 0 Å². The number of aliphatic carboxylic acids is 1. The van der Waals surface area contributed by atoms with Crippen LogP contribution < -0.4 is 5.56 Å². The van der Waals surface area contributed by atoms with Crippen molar-refractivity contribution in [1.82, 2.24) is 9.78 Å². The number of nitrogens with one attached hydrogen (secondary N) is 1. The van der Waals surface area contributed by atoms with Crippen molar-refractivity contribution < 1.29 is 9.90 Å². The van der Waals surface area contributed by atoms with Gasteiger partial charge in [-0.05, 0) is 20.3 Å². The Morgan fingerprint density at radius 2 is 2.29 bits per heavy atom. The molecule has 78 valence electrons. The predicted molar refractivity (Wildman–Crippen MR) is 51.4 cm³/mol. The maximum Gasteiger partial charge on any atom is 0.303 e. The van der Waals surface area contributed by atoms with Crippen LogP contribution in [0.4, 0.5) is 0 Å². The van der Waals surface area contributed by atoms with Crippen molar-refractivity contribution in [3.05, 3.63) is 22.1 Å². The molecule has 0 atom stereocenters. The lowest BCUT2D eigenvalue weighted by Crippen LogP contribution is -2.21. The highest BCUT2D eigenvalue weighted by molar-refractivity contribution is 5.67. The molecule has 0 aliphatic rings. The fraction of sp³-hybridized carbons (Fsp3) is 0.556. The van der Waals surface area contributed by atoms with Gasteiger partial charge in [-0.3, -0.25) is 14.3 Å². The van der Waals surface area contributed by atoms with Crippen LogP contribution in [0.15, 0.2) is 11.0 Å². The molecule has 14 heavy (non-hydrogen) atoms. The molecule has 0 saturated heterocycles. The Morgan fingerprint density at radius 3 is 2.71 bits per heavy atom. The molecule has 1 aromatic heterocycles. The molecule has 0 aliphatic heterocycles. The van der Waals surface area contributed by atoms with E-state index in [0.717, 1.165) is 0 Å². The number of rotatable bonds is 4. The molecule has 0 spiro atoms. The summed E-state index contributed by atoms with van der Waals surface area (Å²) in [4.78, 5) is 21.9. The fourth-order valence-electron chi connectivity index (χ4n) is 1.23. The molecule has 5 heteroatoms. The molecule has 5 nitrogen and oxygen atoms in total. The number of H-pyrrole nitrogens is 1. The Kier molecular flexibility index (Phi) is 3.11. The third-order valence-electron chi connectivity index (χ3n) is 2.00. The Balaban J connectivity index is 2.80. The van der Waals surface area contributed by atoms with Gasteiger partial charge in [0, 0.05) is 24.2 Å². The van der Waals surface area contributed by atoms with Gasteiger partial charge in [-0.15, -0.1) is 0 Å². The first-order chi connectivity index (χ1) is 6.52. The summed E-state index contributed by atoms with van der Waals surface area (Å²) in [7, 11) is 0. The lowest BCUT2D eigenvalue weighted by atomic mass is 10.2. The summed E-state index contributed by atoms with van der Waals surface area (Å²) in [6.07, 6.45) is 1.85. The first-order valence-corrected chi connectivity index (χ1v) is 4.53. The van der Waals surface area contributed by atoms with Crippen LogP contribution in [0.1, 0.15) is 31.9 Å². The van der Waals surface area contributed by atoms with Crippen LogP contribution in [0.25, 0.3) is 0 Å². The fourth-order valence-corrected chi connectivity index (χ4v) is 1.23. The van der Waals surface area contributed by atoms with Crippen molar-refractivity contribution in [2.24, 2.45) is 0 Å². The molecule has 1 rings (SSSR count). The zero-order chi connectivity index (χ0) is 10.7. The van der Waals surface area contributed by atoms with Crippen molar-refractivity contribution in [1.29, 1.82) is 0 Å². The molecular weight excluding hydrogens is 184 g/mol. The lowest BCUT2D eigenvalue weighted by Gasteiger charge is -2.03.